The number of fused-ring (bicyclic) bond motifs is 1. The number of nitrogens with zero attached hydrogens (tertiary/aromatic N) is 3. The lowest BCUT2D eigenvalue weighted by atomic mass is 10.00. The monoisotopic (exact) mass is 406 g/mol. The van der Waals surface area contributed by atoms with Crippen molar-refractivity contribution in [1.82, 2.24) is 20.4 Å². The molecule has 0 bridgehead atoms. The van der Waals surface area contributed by atoms with E-state index in [0.29, 0.717) is 31.1 Å². The van der Waals surface area contributed by atoms with Gasteiger partial charge < -0.3 is 14.6 Å². The molecule has 1 aliphatic heterocycles. The van der Waals surface area contributed by atoms with Gasteiger partial charge in [-0.2, -0.15) is 4.98 Å². The molecule has 1 amide bonds. The van der Waals surface area contributed by atoms with Crippen molar-refractivity contribution in [2.24, 2.45) is 0 Å². The van der Waals surface area contributed by atoms with E-state index >= 15 is 0 Å². The molecule has 7 nitrogen and oxygen atoms in total. The molecule has 0 radical (unpaired) electrons. The van der Waals surface area contributed by atoms with Gasteiger partial charge in [0.15, 0.2) is 0 Å². The molecule has 4 rings (SSSR count). The zero-order valence-corrected chi connectivity index (χ0v) is 17.1. The minimum atomic E-state index is -0.00314. The second kappa shape index (κ2) is 9.54. The maximum absolute atomic E-state index is 12.2. The predicted octanol–water partition coefficient (Wildman–Crippen LogP) is 2.85. The summed E-state index contributed by atoms with van der Waals surface area (Å²) in [5, 5.41) is 6.99. The van der Waals surface area contributed by atoms with Crippen molar-refractivity contribution >= 4 is 5.91 Å². The van der Waals surface area contributed by atoms with Gasteiger partial charge in [0.25, 0.3) is 0 Å². The van der Waals surface area contributed by atoms with Gasteiger partial charge in [0, 0.05) is 44.6 Å². The zero-order chi connectivity index (χ0) is 20.8. The first-order chi connectivity index (χ1) is 14.7. The van der Waals surface area contributed by atoms with Crippen LogP contribution in [-0.2, 0) is 24.2 Å². The molecule has 0 aliphatic carbocycles. The standard InChI is InChI=1S/C23H26N4O3/c1-29-20-8-6-18(7-9-20)23-25-22(30-26-23)11-10-21(28)24-13-15-27-14-12-17-4-2-3-5-19(17)16-27/h2-9H,10-16H2,1H3,(H,24,28). The third kappa shape index (κ3) is 5.04. The Balaban J connectivity index is 1.19. The number of hydrogen-bond acceptors (Lipinski definition) is 6. The Labute approximate surface area is 176 Å². The van der Waals surface area contributed by atoms with Crippen LogP contribution in [0.3, 0.4) is 0 Å². The van der Waals surface area contributed by atoms with Crippen LogP contribution in [0.5, 0.6) is 5.75 Å². The Kier molecular flexibility index (Phi) is 6.39. The molecule has 0 atom stereocenters. The second-order valence-corrected chi connectivity index (χ2v) is 7.39. The van der Waals surface area contributed by atoms with E-state index in [4.69, 9.17) is 9.26 Å². The Morgan fingerprint density at radius 3 is 2.77 bits per heavy atom. The summed E-state index contributed by atoms with van der Waals surface area (Å²) in [5.74, 6) is 1.74. The molecular weight excluding hydrogens is 380 g/mol. The summed E-state index contributed by atoms with van der Waals surface area (Å²) in [4.78, 5) is 18.9. The number of aryl methyl sites for hydroxylation is 1. The lowest BCUT2D eigenvalue weighted by Gasteiger charge is -2.28. The Hall–Kier alpha value is -3.19. The molecule has 1 N–H and O–H groups in total. The molecule has 0 saturated heterocycles. The average molecular weight is 406 g/mol. The fourth-order valence-corrected chi connectivity index (χ4v) is 3.62. The molecular formula is C23H26N4O3. The molecule has 156 valence electrons. The van der Waals surface area contributed by atoms with Crippen LogP contribution in [0, 0.1) is 0 Å². The van der Waals surface area contributed by atoms with Gasteiger partial charge in [0.1, 0.15) is 5.75 Å². The third-order valence-corrected chi connectivity index (χ3v) is 5.34. The highest BCUT2D eigenvalue weighted by Gasteiger charge is 2.15. The molecule has 0 unspecified atom stereocenters. The zero-order valence-electron chi connectivity index (χ0n) is 17.1. The Morgan fingerprint density at radius 2 is 1.97 bits per heavy atom. The van der Waals surface area contributed by atoms with Crippen LogP contribution in [0.2, 0.25) is 0 Å². The number of benzene rings is 2. The van der Waals surface area contributed by atoms with E-state index in [1.165, 1.54) is 11.1 Å². The molecule has 1 aromatic heterocycles. The predicted molar refractivity (Wildman–Crippen MR) is 113 cm³/mol. The Bertz CT molecular complexity index is 984. The maximum Gasteiger partial charge on any atom is 0.227 e. The summed E-state index contributed by atoms with van der Waals surface area (Å²) < 4.78 is 10.4. The molecule has 30 heavy (non-hydrogen) atoms. The normalized spacial score (nSPS) is 13.6. The highest BCUT2D eigenvalue weighted by atomic mass is 16.5. The molecule has 3 aromatic rings. The highest BCUT2D eigenvalue weighted by Crippen LogP contribution is 2.20. The molecule has 2 heterocycles. The van der Waals surface area contributed by atoms with Crippen molar-refractivity contribution in [3.8, 4) is 17.1 Å². The first kappa shape index (κ1) is 20.1. The first-order valence-electron chi connectivity index (χ1n) is 10.2. The van der Waals surface area contributed by atoms with E-state index in [1.807, 2.05) is 24.3 Å². The minimum absolute atomic E-state index is 0.00314. The number of carbonyl (C=O) groups excluding carboxylic acids is 1. The van der Waals surface area contributed by atoms with E-state index < -0.39 is 0 Å². The van der Waals surface area contributed by atoms with E-state index in [1.54, 1.807) is 7.11 Å². The van der Waals surface area contributed by atoms with Crippen molar-refractivity contribution in [1.29, 1.82) is 0 Å². The number of ether oxygens (including phenoxy) is 1. The van der Waals surface area contributed by atoms with Crippen LogP contribution < -0.4 is 10.1 Å². The van der Waals surface area contributed by atoms with Crippen LogP contribution in [0.25, 0.3) is 11.4 Å². The molecule has 1 aliphatic rings. The molecule has 2 aromatic carbocycles. The van der Waals surface area contributed by atoms with Crippen molar-refractivity contribution in [3.63, 3.8) is 0 Å². The maximum atomic E-state index is 12.2. The summed E-state index contributed by atoms with van der Waals surface area (Å²) in [5.41, 5.74) is 3.67. The highest BCUT2D eigenvalue weighted by molar-refractivity contribution is 5.76. The summed E-state index contributed by atoms with van der Waals surface area (Å²) >= 11 is 0. The second-order valence-electron chi connectivity index (χ2n) is 7.39. The van der Waals surface area contributed by atoms with E-state index in [0.717, 1.165) is 37.4 Å². The molecule has 7 heteroatoms. The smallest absolute Gasteiger partial charge is 0.227 e. The fraction of sp³-hybridized carbons (Fsp3) is 0.348. The Morgan fingerprint density at radius 1 is 1.17 bits per heavy atom. The van der Waals surface area contributed by atoms with Gasteiger partial charge >= 0.3 is 0 Å². The lowest BCUT2D eigenvalue weighted by molar-refractivity contribution is -0.121. The largest absolute Gasteiger partial charge is 0.497 e. The third-order valence-electron chi connectivity index (χ3n) is 5.34. The number of methoxy groups -OCH3 is 1. The fourth-order valence-electron chi connectivity index (χ4n) is 3.62. The quantitative estimate of drug-likeness (QED) is 0.620. The van der Waals surface area contributed by atoms with Crippen LogP contribution in [0.15, 0.2) is 53.1 Å². The van der Waals surface area contributed by atoms with Crippen LogP contribution in [-0.4, -0.2) is 47.7 Å². The van der Waals surface area contributed by atoms with E-state index in [-0.39, 0.29) is 5.91 Å². The van der Waals surface area contributed by atoms with Gasteiger partial charge in [0.05, 0.1) is 7.11 Å². The van der Waals surface area contributed by atoms with E-state index in [9.17, 15) is 4.79 Å². The van der Waals surface area contributed by atoms with Crippen molar-refractivity contribution in [3.05, 3.63) is 65.5 Å². The van der Waals surface area contributed by atoms with Gasteiger partial charge in [-0.1, -0.05) is 29.4 Å². The number of aromatic nitrogens is 2. The van der Waals surface area contributed by atoms with Gasteiger partial charge in [-0.05, 0) is 41.8 Å². The van der Waals surface area contributed by atoms with Crippen LogP contribution in [0.1, 0.15) is 23.4 Å². The van der Waals surface area contributed by atoms with Gasteiger partial charge in [-0.25, -0.2) is 0 Å². The SMILES string of the molecule is COc1ccc(-c2noc(CCC(=O)NCCN3CCc4ccccc4C3)n2)cc1. The number of rotatable bonds is 8. The van der Waals surface area contributed by atoms with Crippen molar-refractivity contribution < 1.29 is 14.1 Å². The van der Waals surface area contributed by atoms with E-state index in [2.05, 4.69) is 44.6 Å². The molecule has 0 saturated carbocycles. The molecule has 0 spiro atoms. The number of hydrogen-bond donors (Lipinski definition) is 1. The van der Waals surface area contributed by atoms with Crippen LogP contribution >= 0.6 is 0 Å². The summed E-state index contributed by atoms with van der Waals surface area (Å²) in [6.07, 6.45) is 1.82. The minimum Gasteiger partial charge on any atom is -0.497 e. The number of nitrogens with one attached hydrogen (secondary N) is 1. The number of carbonyl (C=O) groups is 1. The lowest BCUT2D eigenvalue weighted by Crippen LogP contribution is -2.37. The van der Waals surface area contributed by atoms with Crippen molar-refractivity contribution in [2.45, 2.75) is 25.8 Å². The molecule has 0 fully saturated rings. The summed E-state index contributed by atoms with van der Waals surface area (Å²) in [7, 11) is 1.62. The van der Waals surface area contributed by atoms with Crippen LogP contribution in [0.4, 0.5) is 0 Å². The first-order valence-corrected chi connectivity index (χ1v) is 10.2. The van der Waals surface area contributed by atoms with Crippen molar-refractivity contribution in [2.75, 3.05) is 26.7 Å². The van der Waals surface area contributed by atoms with Gasteiger partial charge in [-0.3, -0.25) is 9.69 Å². The van der Waals surface area contributed by atoms with Gasteiger partial charge in [0.2, 0.25) is 17.6 Å². The average Bonchev–Trinajstić information content (AvgIpc) is 3.27. The topological polar surface area (TPSA) is 80.5 Å². The number of amides is 1. The van der Waals surface area contributed by atoms with Gasteiger partial charge in [-0.15, -0.1) is 0 Å². The summed E-state index contributed by atoms with van der Waals surface area (Å²) in [6, 6.07) is 16.0. The summed E-state index contributed by atoms with van der Waals surface area (Å²) in [6.45, 7) is 3.47.